The van der Waals surface area contributed by atoms with Crippen molar-refractivity contribution in [2.45, 2.75) is 10.3 Å². The van der Waals surface area contributed by atoms with E-state index in [9.17, 15) is 18.0 Å². The molecule has 1 unspecified atom stereocenters. The Balaban J connectivity index is 2.41. The molecular formula is C9H9BrN2O5S2. The number of hydrogen-bond donors (Lipinski definition) is 2. The van der Waals surface area contributed by atoms with Crippen LogP contribution in [0.4, 0.5) is 0 Å². The van der Waals surface area contributed by atoms with Gasteiger partial charge in [0.1, 0.15) is 10.3 Å². The van der Waals surface area contributed by atoms with Gasteiger partial charge >= 0.3 is 5.97 Å². The van der Waals surface area contributed by atoms with Gasteiger partial charge in [-0.3, -0.25) is 9.59 Å². The molecule has 104 valence electrons. The molecule has 2 rings (SSSR count). The average molecular weight is 369 g/mol. The number of carboxylic acids is 1. The van der Waals surface area contributed by atoms with Crippen LogP contribution in [0.5, 0.6) is 0 Å². The molecule has 0 aromatic carbocycles. The zero-order valence-corrected chi connectivity index (χ0v) is 12.6. The number of nitrogens with zero attached hydrogens (tertiary/aromatic N) is 1. The van der Waals surface area contributed by atoms with E-state index in [4.69, 9.17) is 5.11 Å². The van der Waals surface area contributed by atoms with Crippen LogP contribution in [0.15, 0.2) is 20.1 Å². The summed E-state index contributed by atoms with van der Waals surface area (Å²) in [6, 6.07) is 1.64. The number of sulfonamides is 1. The number of carbonyl (C=O) groups is 2. The van der Waals surface area contributed by atoms with Gasteiger partial charge < -0.3 is 10.4 Å². The number of hydrogen-bond acceptors (Lipinski definition) is 5. The van der Waals surface area contributed by atoms with Crippen molar-refractivity contribution in [3.05, 3.63) is 15.9 Å². The van der Waals surface area contributed by atoms with Gasteiger partial charge in [-0.2, -0.15) is 4.31 Å². The molecule has 0 saturated carbocycles. The highest BCUT2D eigenvalue weighted by atomic mass is 79.9. The Morgan fingerprint density at radius 3 is 2.74 bits per heavy atom. The second kappa shape index (κ2) is 5.19. The number of nitrogens with one attached hydrogen (secondary N) is 1. The van der Waals surface area contributed by atoms with Crippen LogP contribution in [0.25, 0.3) is 0 Å². The Hall–Kier alpha value is -0.970. The predicted molar refractivity (Wildman–Crippen MR) is 70.3 cm³/mol. The van der Waals surface area contributed by atoms with E-state index in [0.717, 1.165) is 11.3 Å². The fourth-order valence-corrected chi connectivity index (χ4v) is 5.31. The van der Waals surface area contributed by atoms with E-state index in [1.165, 1.54) is 6.07 Å². The molecule has 2 heterocycles. The zero-order chi connectivity index (χ0) is 14.2. The van der Waals surface area contributed by atoms with Crippen LogP contribution in [0.2, 0.25) is 0 Å². The van der Waals surface area contributed by atoms with E-state index in [0.29, 0.717) is 8.09 Å². The molecule has 1 aromatic rings. The zero-order valence-electron chi connectivity index (χ0n) is 9.37. The maximum atomic E-state index is 12.3. The molecule has 19 heavy (non-hydrogen) atoms. The first-order chi connectivity index (χ1) is 8.82. The summed E-state index contributed by atoms with van der Waals surface area (Å²) in [6.45, 7) is -0.727. The molecule has 0 bridgehead atoms. The molecule has 1 fully saturated rings. The van der Waals surface area contributed by atoms with Crippen molar-refractivity contribution < 1.29 is 23.1 Å². The normalized spacial score (nSPS) is 21.1. The summed E-state index contributed by atoms with van der Waals surface area (Å²) in [4.78, 5) is 22.4. The second-order valence-corrected chi connectivity index (χ2v) is 8.35. The van der Waals surface area contributed by atoms with Crippen molar-refractivity contribution in [1.29, 1.82) is 0 Å². The maximum Gasteiger partial charge on any atom is 0.323 e. The largest absolute Gasteiger partial charge is 0.480 e. The van der Waals surface area contributed by atoms with Crippen molar-refractivity contribution in [2.24, 2.45) is 0 Å². The van der Waals surface area contributed by atoms with Crippen molar-refractivity contribution >= 4 is 49.2 Å². The van der Waals surface area contributed by atoms with E-state index < -0.39 is 34.5 Å². The molecule has 10 heteroatoms. The summed E-state index contributed by atoms with van der Waals surface area (Å²) in [6.07, 6.45) is 0. The van der Waals surface area contributed by atoms with Gasteiger partial charge in [-0.05, 0) is 28.1 Å². The third-order valence-corrected chi connectivity index (χ3v) is 6.48. The van der Waals surface area contributed by atoms with E-state index in [2.05, 4.69) is 21.2 Å². The molecule has 1 aliphatic heterocycles. The Bertz CT molecular complexity index is 626. The monoisotopic (exact) mass is 368 g/mol. The Morgan fingerprint density at radius 2 is 2.21 bits per heavy atom. The highest BCUT2D eigenvalue weighted by molar-refractivity contribution is 9.11. The van der Waals surface area contributed by atoms with Crippen LogP contribution in [0.3, 0.4) is 0 Å². The molecule has 2 N–H and O–H groups in total. The fraction of sp³-hybridized carbons (Fsp3) is 0.333. The number of amides is 1. The molecule has 1 atom stereocenters. The van der Waals surface area contributed by atoms with Crippen molar-refractivity contribution in [2.75, 3.05) is 13.1 Å². The lowest BCUT2D eigenvalue weighted by molar-refractivity contribution is -0.143. The van der Waals surface area contributed by atoms with Crippen LogP contribution in [0.1, 0.15) is 0 Å². The van der Waals surface area contributed by atoms with Crippen molar-refractivity contribution in [3.63, 3.8) is 0 Å². The minimum Gasteiger partial charge on any atom is -0.480 e. The smallest absolute Gasteiger partial charge is 0.323 e. The lowest BCUT2D eigenvalue weighted by atomic mass is 10.2. The van der Waals surface area contributed by atoms with E-state index in [1.54, 1.807) is 6.07 Å². The first kappa shape index (κ1) is 14.4. The van der Waals surface area contributed by atoms with Crippen LogP contribution < -0.4 is 5.32 Å². The molecule has 1 saturated heterocycles. The van der Waals surface area contributed by atoms with Gasteiger partial charge in [-0.1, -0.05) is 0 Å². The highest BCUT2D eigenvalue weighted by Gasteiger charge is 2.40. The molecule has 1 aliphatic rings. The summed E-state index contributed by atoms with van der Waals surface area (Å²) in [5, 5.41) is 11.4. The molecule has 1 amide bonds. The summed E-state index contributed by atoms with van der Waals surface area (Å²) >= 11 is 4.11. The molecule has 0 spiro atoms. The Kier molecular flexibility index (Phi) is 3.95. The second-order valence-electron chi connectivity index (χ2n) is 3.77. The van der Waals surface area contributed by atoms with Crippen LogP contribution in [-0.2, 0) is 19.6 Å². The van der Waals surface area contributed by atoms with E-state index >= 15 is 0 Å². The third-order valence-electron chi connectivity index (χ3n) is 2.54. The highest BCUT2D eigenvalue weighted by Crippen LogP contribution is 2.29. The lowest BCUT2D eigenvalue weighted by Gasteiger charge is -2.31. The standard InChI is InChI=1S/C9H9BrN2O5S2/c10-6-1-2-8(18-6)19(16,17)12-4-7(13)11-3-5(12)9(14)15/h1-2,5H,3-4H2,(H,11,13)(H,14,15). The fourth-order valence-electron chi connectivity index (χ4n) is 1.63. The minimum absolute atomic E-state index is 0.000301. The number of rotatable bonds is 3. The van der Waals surface area contributed by atoms with Gasteiger partial charge in [0.05, 0.1) is 10.3 Å². The summed E-state index contributed by atoms with van der Waals surface area (Å²) in [7, 11) is -3.99. The van der Waals surface area contributed by atoms with Crippen LogP contribution in [0, 0.1) is 0 Å². The number of piperazine rings is 1. The molecule has 0 radical (unpaired) electrons. The summed E-state index contributed by atoms with van der Waals surface area (Å²) in [5.41, 5.74) is 0. The minimum atomic E-state index is -3.99. The predicted octanol–water partition coefficient (Wildman–Crippen LogP) is 0.0843. The Labute approximate surface area is 121 Å². The summed E-state index contributed by atoms with van der Waals surface area (Å²) < 4.78 is 26.0. The van der Waals surface area contributed by atoms with Gasteiger partial charge in [0, 0.05) is 6.54 Å². The van der Waals surface area contributed by atoms with Crippen molar-refractivity contribution in [1.82, 2.24) is 9.62 Å². The first-order valence-electron chi connectivity index (χ1n) is 5.09. The van der Waals surface area contributed by atoms with E-state index in [-0.39, 0.29) is 10.8 Å². The topological polar surface area (TPSA) is 104 Å². The molecule has 1 aromatic heterocycles. The number of aliphatic carboxylic acids is 1. The summed E-state index contributed by atoms with van der Waals surface area (Å²) in [5.74, 6) is -1.81. The number of thiophene rings is 1. The molecule has 0 aliphatic carbocycles. The lowest BCUT2D eigenvalue weighted by Crippen LogP contribution is -2.59. The Morgan fingerprint density at radius 1 is 1.53 bits per heavy atom. The third kappa shape index (κ3) is 2.81. The first-order valence-corrected chi connectivity index (χ1v) is 8.14. The maximum absolute atomic E-state index is 12.3. The van der Waals surface area contributed by atoms with Crippen LogP contribution in [-0.4, -0.2) is 48.8 Å². The van der Waals surface area contributed by atoms with Gasteiger partial charge in [-0.25, -0.2) is 8.42 Å². The number of carbonyl (C=O) groups excluding carboxylic acids is 1. The van der Waals surface area contributed by atoms with Crippen molar-refractivity contribution in [3.8, 4) is 0 Å². The van der Waals surface area contributed by atoms with Gasteiger partial charge in [0.15, 0.2) is 0 Å². The van der Waals surface area contributed by atoms with Gasteiger partial charge in [-0.15, -0.1) is 11.3 Å². The SMILES string of the molecule is O=C1CN(S(=O)(=O)c2ccc(Br)s2)C(C(=O)O)CN1. The quantitative estimate of drug-likeness (QED) is 0.786. The van der Waals surface area contributed by atoms with Gasteiger partial charge in [0.25, 0.3) is 10.0 Å². The average Bonchev–Trinajstić information content (AvgIpc) is 2.76. The van der Waals surface area contributed by atoms with Crippen LogP contribution >= 0.6 is 27.3 Å². The number of carboxylic acid groups (broad SMARTS) is 1. The molecule has 7 nitrogen and oxygen atoms in total. The molecular weight excluding hydrogens is 360 g/mol. The number of halogens is 1. The van der Waals surface area contributed by atoms with Gasteiger partial charge in [0.2, 0.25) is 5.91 Å². The van der Waals surface area contributed by atoms with E-state index in [1.807, 2.05) is 0 Å².